The minimum absolute atomic E-state index is 0.0844. The number of quaternary nitrogens is 1. The van der Waals surface area contributed by atoms with Crippen LogP contribution in [0.4, 0.5) is 0 Å². The predicted octanol–water partition coefficient (Wildman–Crippen LogP) is 19.3. The highest BCUT2D eigenvalue weighted by Gasteiger charge is 2.26. The van der Waals surface area contributed by atoms with Crippen molar-refractivity contribution < 1.29 is 37.3 Å². The lowest BCUT2D eigenvalue weighted by molar-refractivity contribution is -0.870. The summed E-state index contributed by atoms with van der Waals surface area (Å²) in [5.74, 6) is -0.317. The van der Waals surface area contributed by atoms with Crippen LogP contribution in [0.1, 0.15) is 245 Å². The Kier molecular flexibility index (Phi) is 53.7. The highest BCUT2D eigenvalue weighted by atomic mass is 31.2. The van der Waals surface area contributed by atoms with Crippen LogP contribution in [-0.4, -0.2) is 75.6 Å². The van der Waals surface area contributed by atoms with Gasteiger partial charge in [0, 0.05) is 13.0 Å². The monoisotopic (exact) mass is 1040 g/mol. The SMILES string of the molecule is CC/C=C\C/C=C\C/C=C\C/C=C\CCCCCCCCCCCCCCCOCC(COP(=O)(O)OCC[N+](C)(C)C)OC(=O)CCCCCCCCCCCCCC/C=C\C/C=C\C/C=C\C/C=C\CC. The van der Waals surface area contributed by atoms with Crippen molar-refractivity contribution in [2.45, 2.75) is 251 Å². The van der Waals surface area contributed by atoms with Gasteiger partial charge in [-0.05, 0) is 89.9 Å². The number of carbonyl (C=O) groups is 1. The molecular weight excluding hydrogens is 926 g/mol. The summed E-state index contributed by atoms with van der Waals surface area (Å²) in [5, 5.41) is 0. The Bertz CT molecular complexity index is 1490. The number of likely N-dealkylation sites (N-methyl/N-ethyl adjacent to an activating group) is 1. The molecule has 73 heavy (non-hydrogen) atoms. The quantitative estimate of drug-likeness (QED) is 0.0213. The van der Waals surface area contributed by atoms with Crippen LogP contribution in [0, 0.1) is 0 Å². The Labute approximate surface area is 451 Å². The van der Waals surface area contributed by atoms with E-state index in [0.717, 1.165) is 83.5 Å². The van der Waals surface area contributed by atoms with Crippen molar-refractivity contribution in [3.63, 3.8) is 0 Å². The third-order valence-electron chi connectivity index (χ3n) is 12.6. The number of nitrogens with zero attached hydrogens (tertiary/aromatic N) is 1. The average Bonchev–Trinajstić information content (AvgIpc) is 3.35. The second-order valence-corrected chi connectivity index (χ2v) is 22.4. The summed E-state index contributed by atoms with van der Waals surface area (Å²) in [6, 6.07) is 0. The fraction of sp³-hybridized carbons (Fsp3) is 0.734. The first-order valence-electron chi connectivity index (χ1n) is 30.0. The maximum absolute atomic E-state index is 12.8. The van der Waals surface area contributed by atoms with E-state index in [1.54, 1.807) is 0 Å². The Morgan fingerprint density at radius 2 is 0.753 bits per heavy atom. The van der Waals surface area contributed by atoms with Crippen molar-refractivity contribution in [3.05, 3.63) is 97.2 Å². The van der Waals surface area contributed by atoms with Crippen LogP contribution in [0.15, 0.2) is 97.2 Å². The Hall–Kier alpha value is -2.58. The highest BCUT2D eigenvalue weighted by molar-refractivity contribution is 7.47. The molecule has 2 atom stereocenters. The lowest BCUT2D eigenvalue weighted by atomic mass is 10.0. The number of allylic oxidation sites excluding steroid dienone is 16. The zero-order valence-corrected chi connectivity index (χ0v) is 49.0. The maximum atomic E-state index is 12.8. The van der Waals surface area contributed by atoms with Crippen molar-refractivity contribution in [2.24, 2.45) is 0 Å². The number of esters is 1. The lowest BCUT2D eigenvalue weighted by Gasteiger charge is -2.24. The molecule has 0 bridgehead atoms. The van der Waals surface area contributed by atoms with Crippen molar-refractivity contribution in [2.75, 3.05) is 54.1 Å². The molecule has 0 aromatic heterocycles. The first-order chi connectivity index (χ1) is 35.6. The Morgan fingerprint density at radius 3 is 1.12 bits per heavy atom. The molecule has 0 saturated heterocycles. The van der Waals surface area contributed by atoms with Gasteiger partial charge in [0.25, 0.3) is 0 Å². The molecule has 2 unspecified atom stereocenters. The predicted molar refractivity (Wildman–Crippen MR) is 316 cm³/mol. The van der Waals surface area contributed by atoms with Gasteiger partial charge >= 0.3 is 13.8 Å². The van der Waals surface area contributed by atoms with Gasteiger partial charge in [-0.3, -0.25) is 13.8 Å². The summed E-state index contributed by atoms with van der Waals surface area (Å²) in [6.45, 7) is 5.41. The molecule has 1 N–H and O–H groups in total. The van der Waals surface area contributed by atoms with E-state index in [1.165, 1.54) is 141 Å². The summed E-state index contributed by atoms with van der Waals surface area (Å²) in [6.07, 6.45) is 77.6. The van der Waals surface area contributed by atoms with Gasteiger partial charge in [0.15, 0.2) is 0 Å². The zero-order chi connectivity index (χ0) is 53.3. The molecule has 0 saturated carbocycles. The highest BCUT2D eigenvalue weighted by Crippen LogP contribution is 2.43. The Balaban J connectivity index is 4.06. The number of ether oxygens (including phenoxy) is 2. The summed E-state index contributed by atoms with van der Waals surface area (Å²) < 4.78 is 35.3. The van der Waals surface area contributed by atoms with Crippen LogP contribution >= 0.6 is 7.82 Å². The van der Waals surface area contributed by atoms with Gasteiger partial charge in [0.1, 0.15) is 19.3 Å². The Morgan fingerprint density at radius 1 is 0.425 bits per heavy atom. The molecule has 422 valence electrons. The van der Waals surface area contributed by atoms with Gasteiger partial charge in [0.05, 0.1) is 34.4 Å². The van der Waals surface area contributed by atoms with Crippen LogP contribution in [0.5, 0.6) is 0 Å². The lowest BCUT2D eigenvalue weighted by Crippen LogP contribution is -2.37. The number of phosphoric acid groups is 1. The first-order valence-corrected chi connectivity index (χ1v) is 31.5. The van der Waals surface area contributed by atoms with Gasteiger partial charge in [0.2, 0.25) is 0 Å². The molecule has 8 nitrogen and oxygen atoms in total. The van der Waals surface area contributed by atoms with E-state index in [4.69, 9.17) is 18.5 Å². The van der Waals surface area contributed by atoms with E-state index in [1.807, 2.05) is 21.1 Å². The molecule has 0 radical (unpaired) electrons. The molecule has 0 aromatic carbocycles. The molecule has 0 fully saturated rings. The molecule has 0 heterocycles. The van der Waals surface area contributed by atoms with Crippen LogP contribution in [-0.2, 0) is 27.9 Å². The van der Waals surface area contributed by atoms with E-state index in [0.29, 0.717) is 24.1 Å². The van der Waals surface area contributed by atoms with Crippen LogP contribution in [0.2, 0.25) is 0 Å². The first kappa shape index (κ1) is 70.4. The minimum atomic E-state index is -4.29. The zero-order valence-electron chi connectivity index (χ0n) is 48.1. The summed E-state index contributed by atoms with van der Waals surface area (Å²) in [5.41, 5.74) is 0. The molecule has 0 aliphatic rings. The van der Waals surface area contributed by atoms with Crippen molar-refractivity contribution >= 4 is 13.8 Å². The number of carbonyl (C=O) groups excluding carboxylic acids is 1. The number of hydrogen-bond donors (Lipinski definition) is 1. The second kappa shape index (κ2) is 55.6. The number of unbranched alkanes of at least 4 members (excludes halogenated alkanes) is 25. The maximum Gasteiger partial charge on any atom is 0.472 e. The summed E-state index contributed by atoms with van der Waals surface area (Å²) in [4.78, 5) is 23.1. The van der Waals surface area contributed by atoms with E-state index >= 15 is 0 Å². The normalized spacial score (nSPS) is 14.1. The van der Waals surface area contributed by atoms with Crippen molar-refractivity contribution in [1.82, 2.24) is 0 Å². The molecule has 0 aliphatic heterocycles. The van der Waals surface area contributed by atoms with E-state index in [9.17, 15) is 14.3 Å². The van der Waals surface area contributed by atoms with Gasteiger partial charge in [-0.2, -0.15) is 0 Å². The fourth-order valence-corrected chi connectivity index (χ4v) is 8.87. The molecular formula is C64H115NO7P+. The van der Waals surface area contributed by atoms with Crippen molar-refractivity contribution in [1.29, 1.82) is 0 Å². The molecule has 9 heteroatoms. The van der Waals surface area contributed by atoms with Gasteiger partial charge < -0.3 is 18.9 Å². The largest absolute Gasteiger partial charge is 0.472 e. The van der Waals surface area contributed by atoms with Gasteiger partial charge in [-0.15, -0.1) is 0 Å². The molecule has 0 amide bonds. The third kappa shape index (κ3) is 60.2. The molecule has 0 aliphatic carbocycles. The molecule has 0 spiro atoms. The minimum Gasteiger partial charge on any atom is -0.457 e. The van der Waals surface area contributed by atoms with E-state index < -0.39 is 13.9 Å². The number of rotatable bonds is 55. The number of hydrogen-bond acceptors (Lipinski definition) is 6. The third-order valence-corrected chi connectivity index (χ3v) is 13.6. The second-order valence-electron chi connectivity index (χ2n) is 21.0. The molecule has 0 rings (SSSR count). The van der Waals surface area contributed by atoms with Crippen LogP contribution in [0.3, 0.4) is 0 Å². The average molecular weight is 1040 g/mol. The van der Waals surface area contributed by atoms with Gasteiger partial charge in [-0.1, -0.05) is 246 Å². The topological polar surface area (TPSA) is 91.3 Å². The van der Waals surface area contributed by atoms with E-state index in [2.05, 4.69) is 111 Å². The fourth-order valence-electron chi connectivity index (χ4n) is 8.13. The standard InChI is InChI=1S/C64H114NO7P/c1-6-8-10-12-14-16-18-20-22-24-26-28-30-32-34-36-38-40-42-44-46-48-50-52-54-56-59-69-61-63(62-71-73(67,68)70-60-58-65(3,4)5)72-64(66)57-55-53-51-49-47-45-43-41-39-37-35-33-31-29-27-25-23-21-19-17-15-13-11-9-7-2/h8-11,14-17,20-23,26-29,63H,6-7,12-13,18-19,24-25,30-62H2,1-5H3/p+1/b10-8-,11-9-,16-14-,17-15-,22-20-,23-21-,28-26-,29-27-. The summed E-state index contributed by atoms with van der Waals surface area (Å²) >= 11 is 0. The number of phosphoric ester groups is 1. The molecule has 0 aromatic rings. The van der Waals surface area contributed by atoms with Crippen LogP contribution < -0.4 is 0 Å². The smallest absolute Gasteiger partial charge is 0.457 e. The van der Waals surface area contributed by atoms with Crippen molar-refractivity contribution in [3.8, 4) is 0 Å². The van der Waals surface area contributed by atoms with Crippen LogP contribution in [0.25, 0.3) is 0 Å². The van der Waals surface area contributed by atoms with Gasteiger partial charge in [-0.25, -0.2) is 4.57 Å². The summed E-state index contributed by atoms with van der Waals surface area (Å²) in [7, 11) is 1.66. The van der Waals surface area contributed by atoms with E-state index in [-0.39, 0.29) is 25.8 Å².